The summed E-state index contributed by atoms with van der Waals surface area (Å²) in [5, 5.41) is 20.7. The van der Waals surface area contributed by atoms with Crippen molar-refractivity contribution >= 4 is 23.3 Å². The van der Waals surface area contributed by atoms with Gasteiger partial charge in [-0.1, -0.05) is 12.1 Å². The van der Waals surface area contributed by atoms with E-state index in [0.717, 1.165) is 12.8 Å². The molecule has 0 amide bonds. The number of carbonyl (C=O) groups excluding carboxylic acids is 1. The van der Waals surface area contributed by atoms with Crippen LogP contribution in [0.3, 0.4) is 0 Å². The number of anilines is 1. The van der Waals surface area contributed by atoms with Gasteiger partial charge >= 0.3 is 11.7 Å². The Morgan fingerprint density at radius 1 is 1.06 bits per heavy atom. The Morgan fingerprint density at radius 3 is 2.31 bits per heavy atom. The van der Waals surface area contributed by atoms with Crippen LogP contribution in [0.2, 0.25) is 0 Å². The number of Topliss-reactive ketones (excluding diaryl/α,β-unsaturated/α-hetero) is 1. The number of benzene rings is 1. The van der Waals surface area contributed by atoms with E-state index in [2.05, 4.69) is 4.98 Å². The first-order valence-electron chi connectivity index (χ1n) is 10.8. The smallest absolute Gasteiger partial charge is 0.311 e. The van der Waals surface area contributed by atoms with Crippen LogP contribution in [0.4, 0.5) is 11.5 Å². The number of piperidine rings is 1. The van der Waals surface area contributed by atoms with Crippen LogP contribution in [0.25, 0.3) is 0 Å². The second kappa shape index (κ2) is 9.33. The third-order valence-electron chi connectivity index (χ3n) is 6.29. The average Bonchev–Trinajstić information content (AvgIpc) is 2.80. The summed E-state index contributed by atoms with van der Waals surface area (Å²) in [6.45, 7) is 0.764. The van der Waals surface area contributed by atoms with Gasteiger partial charge < -0.3 is 14.7 Å². The minimum Gasteiger partial charge on any atom is -0.481 e. The summed E-state index contributed by atoms with van der Waals surface area (Å²) in [6.07, 6.45) is 3.81. The van der Waals surface area contributed by atoms with Crippen molar-refractivity contribution in [1.82, 2.24) is 4.98 Å². The molecule has 2 heterocycles. The molecule has 168 valence electrons. The predicted octanol–water partition coefficient (Wildman–Crippen LogP) is 4.31. The summed E-state index contributed by atoms with van der Waals surface area (Å²) in [4.78, 5) is 39.8. The molecule has 9 nitrogen and oxygen atoms in total. The maximum absolute atomic E-state index is 11.5. The van der Waals surface area contributed by atoms with Crippen molar-refractivity contribution in [2.45, 2.75) is 44.4 Å². The van der Waals surface area contributed by atoms with Crippen LogP contribution >= 0.6 is 0 Å². The minimum atomic E-state index is -0.840. The molecule has 1 aliphatic heterocycles. The number of carboxylic acid groups (broad SMARTS) is 1. The van der Waals surface area contributed by atoms with Crippen LogP contribution in [0.5, 0.6) is 11.6 Å². The minimum absolute atomic E-state index is 0.131. The maximum Gasteiger partial charge on any atom is 0.311 e. The van der Waals surface area contributed by atoms with Gasteiger partial charge in [0.15, 0.2) is 0 Å². The molecule has 2 fully saturated rings. The maximum atomic E-state index is 11.5. The standard InChI is InChI=1S/C23H25N3O6/c27-18-5-1-15(2-6-18)16-3-7-19(8-4-16)32-21-10-9-20(26(30)31)22(24-21)25-13-11-17(12-14-25)23(28)29/h3-4,7-10,15,17H,1-2,5-6,11-14H2,(H,28,29). The van der Waals surface area contributed by atoms with Crippen LogP contribution < -0.4 is 9.64 Å². The molecule has 1 N–H and O–H groups in total. The summed E-state index contributed by atoms with van der Waals surface area (Å²) in [6, 6.07) is 10.5. The quantitative estimate of drug-likeness (QED) is 0.522. The van der Waals surface area contributed by atoms with Gasteiger partial charge in [-0.3, -0.25) is 19.7 Å². The Kier molecular flexibility index (Phi) is 6.34. The zero-order valence-corrected chi connectivity index (χ0v) is 17.6. The fraction of sp³-hybridized carbons (Fsp3) is 0.435. The van der Waals surface area contributed by atoms with Crippen molar-refractivity contribution in [3.05, 3.63) is 52.1 Å². The fourth-order valence-electron chi connectivity index (χ4n) is 4.40. The number of nitro groups is 1. The number of hydrogen-bond acceptors (Lipinski definition) is 7. The number of nitrogens with zero attached hydrogens (tertiary/aromatic N) is 3. The highest BCUT2D eigenvalue weighted by Crippen LogP contribution is 2.35. The summed E-state index contributed by atoms with van der Waals surface area (Å²) in [5.41, 5.74) is 1.04. The second-order valence-corrected chi connectivity index (χ2v) is 8.33. The van der Waals surface area contributed by atoms with E-state index in [-0.39, 0.29) is 17.4 Å². The third-order valence-corrected chi connectivity index (χ3v) is 6.29. The van der Waals surface area contributed by atoms with E-state index in [1.165, 1.54) is 17.7 Å². The third kappa shape index (κ3) is 4.87. The first kappa shape index (κ1) is 21.7. The van der Waals surface area contributed by atoms with Crippen molar-refractivity contribution in [2.24, 2.45) is 5.92 Å². The van der Waals surface area contributed by atoms with E-state index in [1.54, 1.807) is 4.90 Å². The normalized spacial score (nSPS) is 17.9. The van der Waals surface area contributed by atoms with Gasteiger partial charge in [0.2, 0.25) is 11.7 Å². The van der Waals surface area contributed by atoms with Crippen LogP contribution in [0.15, 0.2) is 36.4 Å². The van der Waals surface area contributed by atoms with Gasteiger partial charge in [0, 0.05) is 38.1 Å². The summed E-state index contributed by atoms with van der Waals surface area (Å²) >= 11 is 0. The van der Waals surface area contributed by atoms with Crippen molar-refractivity contribution < 1.29 is 24.4 Å². The molecule has 0 atom stereocenters. The molecule has 1 aromatic heterocycles. The van der Waals surface area contributed by atoms with Gasteiger partial charge in [0.05, 0.1) is 10.8 Å². The lowest BCUT2D eigenvalue weighted by Gasteiger charge is -2.30. The summed E-state index contributed by atoms with van der Waals surface area (Å²) < 4.78 is 5.85. The predicted molar refractivity (Wildman–Crippen MR) is 116 cm³/mol. The highest BCUT2D eigenvalue weighted by molar-refractivity contribution is 5.79. The Hall–Kier alpha value is -3.49. The van der Waals surface area contributed by atoms with Crippen molar-refractivity contribution in [3.8, 4) is 11.6 Å². The molecule has 4 rings (SSSR count). The first-order chi connectivity index (χ1) is 15.4. The number of rotatable bonds is 6. The van der Waals surface area contributed by atoms with Gasteiger partial charge in [-0.25, -0.2) is 0 Å². The number of aliphatic carboxylic acids is 1. The molecular formula is C23H25N3O6. The Labute approximate surface area is 185 Å². The second-order valence-electron chi connectivity index (χ2n) is 8.33. The van der Waals surface area contributed by atoms with Gasteiger partial charge in [-0.2, -0.15) is 4.98 Å². The average molecular weight is 439 g/mol. The number of hydrogen-bond donors (Lipinski definition) is 1. The Morgan fingerprint density at radius 2 is 1.72 bits per heavy atom. The van der Waals surface area contributed by atoms with Crippen LogP contribution in [-0.2, 0) is 9.59 Å². The van der Waals surface area contributed by atoms with Crippen LogP contribution in [-0.4, -0.2) is 39.9 Å². The van der Waals surface area contributed by atoms with E-state index < -0.39 is 16.8 Å². The summed E-state index contributed by atoms with van der Waals surface area (Å²) in [7, 11) is 0. The lowest BCUT2D eigenvalue weighted by Crippen LogP contribution is -2.37. The number of ether oxygens (including phenoxy) is 1. The van der Waals surface area contributed by atoms with Crippen molar-refractivity contribution in [3.63, 3.8) is 0 Å². The molecule has 1 aliphatic carbocycles. The molecule has 0 bridgehead atoms. The molecule has 9 heteroatoms. The molecular weight excluding hydrogens is 414 g/mol. The first-order valence-corrected chi connectivity index (χ1v) is 10.8. The zero-order chi connectivity index (χ0) is 22.7. The molecule has 1 aromatic carbocycles. The number of pyridine rings is 1. The monoisotopic (exact) mass is 439 g/mol. The van der Waals surface area contributed by atoms with Crippen molar-refractivity contribution in [2.75, 3.05) is 18.0 Å². The molecule has 2 aromatic rings. The highest BCUT2D eigenvalue weighted by Gasteiger charge is 2.29. The van der Waals surface area contributed by atoms with Crippen molar-refractivity contribution in [1.29, 1.82) is 0 Å². The highest BCUT2D eigenvalue weighted by atomic mass is 16.6. The van der Waals surface area contributed by atoms with Crippen LogP contribution in [0, 0.1) is 16.0 Å². The number of aromatic nitrogens is 1. The van der Waals surface area contributed by atoms with Crippen LogP contribution in [0.1, 0.15) is 50.0 Å². The summed E-state index contributed by atoms with van der Waals surface area (Å²) in [5.74, 6) is 0.422. The van der Waals surface area contributed by atoms with Gasteiger partial charge in [-0.05, 0) is 49.3 Å². The molecule has 0 spiro atoms. The Bertz CT molecular complexity index is 1000. The molecule has 1 saturated heterocycles. The lowest BCUT2D eigenvalue weighted by molar-refractivity contribution is -0.384. The largest absolute Gasteiger partial charge is 0.481 e. The molecule has 2 aliphatic rings. The lowest BCUT2D eigenvalue weighted by atomic mass is 9.83. The fourth-order valence-corrected chi connectivity index (χ4v) is 4.40. The van der Waals surface area contributed by atoms with Gasteiger partial charge in [-0.15, -0.1) is 0 Å². The van der Waals surface area contributed by atoms with E-state index >= 15 is 0 Å². The molecule has 0 unspecified atom stereocenters. The van der Waals surface area contributed by atoms with Gasteiger partial charge in [0.25, 0.3) is 0 Å². The Balaban J connectivity index is 1.48. The zero-order valence-electron chi connectivity index (χ0n) is 17.6. The molecule has 32 heavy (non-hydrogen) atoms. The van der Waals surface area contributed by atoms with E-state index in [0.29, 0.717) is 56.2 Å². The topological polar surface area (TPSA) is 123 Å². The number of ketones is 1. The van der Waals surface area contributed by atoms with E-state index in [9.17, 15) is 24.8 Å². The van der Waals surface area contributed by atoms with E-state index in [4.69, 9.17) is 4.74 Å². The SMILES string of the molecule is O=C1CCC(c2ccc(Oc3ccc([N+](=O)[O-])c(N4CCC(C(=O)O)CC4)n3)cc2)CC1. The number of carboxylic acids is 1. The molecule has 0 radical (unpaired) electrons. The van der Waals surface area contributed by atoms with E-state index in [1.807, 2.05) is 24.3 Å². The number of carbonyl (C=O) groups is 2. The van der Waals surface area contributed by atoms with Gasteiger partial charge in [0.1, 0.15) is 11.5 Å². The molecule has 1 saturated carbocycles.